The molecule has 0 aliphatic carbocycles. The number of hydrogen-bond donors (Lipinski definition) is 1. The number of carboxylic acid groups (broad SMARTS) is 1. The third kappa shape index (κ3) is 5.65. The Morgan fingerprint density at radius 3 is 2.62 bits per heavy atom. The molecular weight excluding hydrogens is 581 g/mol. The van der Waals surface area contributed by atoms with Crippen LogP contribution in [0.1, 0.15) is 69.5 Å². The Hall–Kier alpha value is -4.03. The quantitative estimate of drug-likeness (QED) is 0.277. The first-order valence-electron chi connectivity index (χ1n) is 15.2. The third-order valence-corrected chi connectivity index (χ3v) is 8.40. The van der Waals surface area contributed by atoms with Crippen molar-refractivity contribution in [3.63, 3.8) is 0 Å². The van der Waals surface area contributed by atoms with Gasteiger partial charge in [0.05, 0.1) is 31.0 Å². The molecule has 1 N–H and O–H groups in total. The van der Waals surface area contributed by atoms with Gasteiger partial charge in [-0.25, -0.2) is 14.2 Å². The third-order valence-electron chi connectivity index (χ3n) is 8.40. The van der Waals surface area contributed by atoms with E-state index in [-0.39, 0.29) is 17.2 Å². The molecule has 1 fully saturated rings. The number of pyridine rings is 1. The fourth-order valence-corrected chi connectivity index (χ4v) is 6.40. The van der Waals surface area contributed by atoms with Gasteiger partial charge in [0, 0.05) is 41.4 Å². The lowest BCUT2D eigenvalue weighted by Crippen LogP contribution is -2.48. The lowest BCUT2D eigenvalue weighted by Gasteiger charge is -2.36. The van der Waals surface area contributed by atoms with Crippen molar-refractivity contribution >= 4 is 23.0 Å². The summed E-state index contributed by atoms with van der Waals surface area (Å²) in [7, 11) is 1.84. The predicted octanol–water partition coefficient (Wildman–Crippen LogP) is 5.93. The van der Waals surface area contributed by atoms with Crippen molar-refractivity contribution in [3.05, 3.63) is 40.3 Å². The lowest BCUT2D eigenvalue weighted by molar-refractivity contribution is -0.160. The van der Waals surface area contributed by atoms with Crippen LogP contribution in [0.15, 0.2) is 16.5 Å². The van der Waals surface area contributed by atoms with Crippen LogP contribution in [-0.2, 0) is 27.7 Å². The highest BCUT2D eigenvalue weighted by molar-refractivity contribution is 6.01. The average molecular weight is 622 g/mol. The zero-order chi connectivity index (χ0) is 32.4. The van der Waals surface area contributed by atoms with Gasteiger partial charge < -0.3 is 33.2 Å². The second kappa shape index (κ2) is 11.1. The van der Waals surface area contributed by atoms with E-state index in [0.29, 0.717) is 77.9 Å². The molecule has 6 rings (SSSR count). The summed E-state index contributed by atoms with van der Waals surface area (Å²) < 4.78 is 41.4. The molecule has 0 radical (unpaired) electrons. The van der Waals surface area contributed by atoms with E-state index < -0.39 is 23.5 Å². The summed E-state index contributed by atoms with van der Waals surface area (Å²) in [5.74, 6) is -1.12. The molecule has 5 heterocycles. The number of aryl methyl sites for hydroxylation is 2. The summed E-state index contributed by atoms with van der Waals surface area (Å²) in [6.07, 6.45) is 0.0440. The van der Waals surface area contributed by atoms with Gasteiger partial charge in [-0.05, 0) is 84.6 Å². The monoisotopic (exact) mass is 621 g/mol. The fraction of sp³-hybridized carbons (Fsp3) is 0.515. The van der Waals surface area contributed by atoms with E-state index in [4.69, 9.17) is 23.6 Å². The average Bonchev–Trinajstić information content (AvgIpc) is 3.57. The summed E-state index contributed by atoms with van der Waals surface area (Å²) in [6.45, 7) is 15.3. The maximum Gasteiger partial charge on any atom is 0.337 e. The number of carbonyl (C=O) groups is 1. The standard InChI is InChI=1S/C33H40FN5O6/c1-17-19-10-9-12-42-26(19)22(34)14-20(17)25-21-15-23(29-36-37-31(44-29)39-11-13-43-33(6,7)16-39)38(8)28(21)35-18(2)24(25)27(30(40)41)45-32(3,4)5/h14-15,27H,9-13,16H2,1-8H3,(H,40,41)/t27-/m0/s1. The molecule has 0 bridgehead atoms. The van der Waals surface area contributed by atoms with E-state index in [1.807, 2.05) is 43.4 Å². The van der Waals surface area contributed by atoms with Crippen LogP contribution in [0.25, 0.3) is 33.7 Å². The molecule has 4 aromatic rings. The molecule has 1 saturated heterocycles. The number of nitrogens with zero attached hydrogens (tertiary/aromatic N) is 5. The van der Waals surface area contributed by atoms with E-state index in [1.54, 1.807) is 27.7 Å². The molecule has 11 nitrogen and oxygen atoms in total. The highest BCUT2D eigenvalue weighted by atomic mass is 19.1. The smallest absolute Gasteiger partial charge is 0.337 e. The zero-order valence-corrected chi connectivity index (χ0v) is 27.1. The minimum Gasteiger partial charge on any atom is -0.490 e. The minimum absolute atomic E-state index is 0.255. The number of aliphatic carboxylic acids is 1. The van der Waals surface area contributed by atoms with E-state index in [1.165, 1.54) is 6.07 Å². The normalized spacial score (nSPS) is 17.3. The number of morpholine rings is 1. The number of fused-ring (bicyclic) bond motifs is 2. The maximum atomic E-state index is 15.7. The fourth-order valence-electron chi connectivity index (χ4n) is 6.40. The number of carboxylic acids is 1. The number of halogens is 1. The van der Waals surface area contributed by atoms with Crippen LogP contribution in [0.5, 0.6) is 5.75 Å². The molecule has 240 valence electrons. The first kappa shape index (κ1) is 31.0. The number of ether oxygens (including phenoxy) is 3. The minimum atomic E-state index is -1.37. The molecule has 0 unspecified atom stereocenters. The predicted molar refractivity (Wildman–Crippen MR) is 166 cm³/mol. The first-order valence-corrected chi connectivity index (χ1v) is 15.2. The molecule has 1 aromatic carbocycles. The molecule has 0 spiro atoms. The van der Waals surface area contributed by atoms with Crippen molar-refractivity contribution in [2.24, 2.45) is 7.05 Å². The SMILES string of the molecule is Cc1nc2c(cc(-c3nnc(N4CCOC(C)(C)C4)o3)n2C)c(-c2cc(F)c3c(c2C)CCCO3)c1[C@H](OC(C)(C)C)C(=O)O. The molecule has 2 aliphatic rings. The van der Waals surface area contributed by atoms with Crippen LogP contribution < -0.4 is 9.64 Å². The van der Waals surface area contributed by atoms with Gasteiger partial charge in [-0.15, -0.1) is 5.10 Å². The van der Waals surface area contributed by atoms with Crippen molar-refractivity contribution in [1.82, 2.24) is 19.7 Å². The van der Waals surface area contributed by atoms with Crippen molar-refractivity contribution in [3.8, 4) is 28.5 Å². The van der Waals surface area contributed by atoms with Crippen LogP contribution in [0.4, 0.5) is 10.4 Å². The lowest BCUT2D eigenvalue weighted by atomic mass is 9.86. The highest BCUT2D eigenvalue weighted by Gasteiger charge is 2.35. The van der Waals surface area contributed by atoms with E-state index in [9.17, 15) is 9.90 Å². The van der Waals surface area contributed by atoms with E-state index in [2.05, 4.69) is 10.2 Å². The van der Waals surface area contributed by atoms with E-state index in [0.717, 1.165) is 17.5 Å². The van der Waals surface area contributed by atoms with Gasteiger partial charge in [0.1, 0.15) is 11.3 Å². The van der Waals surface area contributed by atoms with Gasteiger partial charge in [0.2, 0.25) is 0 Å². The molecule has 0 saturated carbocycles. The Kier molecular flexibility index (Phi) is 7.64. The Morgan fingerprint density at radius 1 is 1.18 bits per heavy atom. The Balaban J connectivity index is 1.59. The van der Waals surface area contributed by atoms with Crippen LogP contribution in [0.2, 0.25) is 0 Å². The summed E-state index contributed by atoms with van der Waals surface area (Å²) >= 11 is 0. The van der Waals surface area contributed by atoms with Crippen LogP contribution >= 0.6 is 0 Å². The molecule has 0 amide bonds. The first-order chi connectivity index (χ1) is 21.1. The van der Waals surface area contributed by atoms with E-state index >= 15 is 4.39 Å². The van der Waals surface area contributed by atoms with Gasteiger partial charge in [-0.2, -0.15) is 0 Å². The molecule has 12 heteroatoms. The molecule has 3 aromatic heterocycles. The van der Waals surface area contributed by atoms with Gasteiger partial charge in [-0.1, -0.05) is 5.10 Å². The summed E-state index contributed by atoms with van der Waals surface area (Å²) in [6, 6.07) is 3.67. The highest BCUT2D eigenvalue weighted by Crippen LogP contribution is 2.45. The van der Waals surface area contributed by atoms with Gasteiger partial charge in [-0.3, -0.25) is 0 Å². The van der Waals surface area contributed by atoms with Gasteiger partial charge in [0.15, 0.2) is 17.7 Å². The Labute approximate surface area is 261 Å². The van der Waals surface area contributed by atoms with Crippen LogP contribution in [0.3, 0.4) is 0 Å². The summed E-state index contributed by atoms with van der Waals surface area (Å²) in [4.78, 5) is 19.7. The second-order valence-corrected chi connectivity index (χ2v) is 13.5. The van der Waals surface area contributed by atoms with Crippen LogP contribution in [0, 0.1) is 19.7 Å². The maximum absolute atomic E-state index is 15.7. The summed E-state index contributed by atoms with van der Waals surface area (Å²) in [5.41, 5.74) is 3.51. The number of rotatable bonds is 6. The number of hydrogen-bond acceptors (Lipinski definition) is 9. The van der Waals surface area contributed by atoms with Gasteiger partial charge >= 0.3 is 12.0 Å². The molecule has 45 heavy (non-hydrogen) atoms. The van der Waals surface area contributed by atoms with Crippen molar-refractivity contribution in [2.45, 2.75) is 78.6 Å². The number of anilines is 1. The van der Waals surface area contributed by atoms with Crippen LogP contribution in [-0.4, -0.2) is 68.3 Å². The molecule has 1 atom stereocenters. The molecule has 2 aliphatic heterocycles. The van der Waals surface area contributed by atoms with Crippen molar-refractivity contribution in [2.75, 3.05) is 31.2 Å². The number of benzene rings is 1. The number of aromatic nitrogens is 4. The topological polar surface area (TPSA) is 125 Å². The largest absolute Gasteiger partial charge is 0.490 e. The molecular formula is C33H40FN5O6. The van der Waals surface area contributed by atoms with Crippen molar-refractivity contribution < 1.29 is 32.9 Å². The summed E-state index contributed by atoms with van der Waals surface area (Å²) in [5, 5.41) is 19.8. The van der Waals surface area contributed by atoms with Crippen molar-refractivity contribution in [1.29, 1.82) is 0 Å². The van der Waals surface area contributed by atoms with Gasteiger partial charge in [0.25, 0.3) is 5.89 Å². The second-order valence-electron chi connectivity index (χ2n) is 13.5. The zero-order valence-electron chi connectivity index (χ0n) is 27.1. The Bertz CT molecular complexity index is 1800. The Morgan fingerprint density at radius 2 is 1.93 bits per heavy atom.